The third-order valence-electron chi connectivity index (χ3n) is 3.91. The third kappa shape index (κ3) is 4.27. The second kappa shape index (κ2) is 7.89. The van der Waals surface area contributed by atoms with Crippen LogP contribution in [0, 0.1) is 0 Å². The number of benzene rings is 1. The van der Waals surface area contributed by atoms with Crippen molar-refractivity contribution >= 4 is 11.6 Å². The lowest BCUT2D eigenvalue weighted by Crippen LogP contribution is -2.47. The highest BCUT2D eigenvalue weighted by molar-refractivity contribution is 5.77. The van der Waals surface area contributed by atoms with Gasteiger partial charge in [-0.25, -0.2) is 0 Å². The topological polar surface area (TPSA) is 54.0 Å². The van der Waals surface area contributed by atoms with Gasteiger partial charge >= 0.3 is 0 Å². The number of likely N-dealkylation sites (N-methyl/N-ethyl adjacent to an activating group) is 1. The molecule has 1 aromatic rings. The maximum atomic E-state index is 12.1. The van der Waals surface area contributed by atoms with E-state index in [0.29, 0.717) is 24.5 Å². The number of hydrogen-bond acceptors (Lipinski definition) is 5. The SMILES string of the molecule is COc1ccc(NCCC(=O)N2CCN(C)CC2)cc1OC. The zero-order chi connectivity index (χ0) is 15.9. The molecule has 0 bridgehead atoms. The van der Waals surface area contributed by atoms with Gasteiger partial charge in [-0.1, -0.05) is 0 Å². The summed E-state index contributed by atoms with van der Waals surface area (Å²) < 4.78 is 10.5. The van der Waals surface area contributed by atoms with Crippen LogP contribution in [0.15, 0.2) is 18.2 Å². The number of methoxy groups -OCH3 is 2. The Bertz CT molecular complexity index is 499. The fourth-order valence-corrected chi connectivity index (χ4v) is 2.47. The van der Waals surface area contributed by atoms with Crippen LogP contribution in [0.3, 0.4) is 0 Å². The van der Waals surface area contributed by atoms with Gasteiger partial charge in [-0.15, -0.1) is 0 Å². The number of ether oxygens (including phenoxy) is 2. The number of anilines is 1. The Morgan fingerprint density at radius 3 is 2.45 bits per heavy atom. The maximum absolute atomic E-state index is 12.1. The monoisotopic (exact) mass is 307 g/mol. The number of piperazine rings is 1. The molecule has 0 aromatic heterocycles. The van der Waals surface area contributed by atoms with Gasteiger partial charge in [0.25, 0.3) is 0 Å². The molecular formula is C16H25N3O3. The molecule has 0 saturated carbocycles. The predicted molar refractivity (Wildman–Crippen MR) is 86.7 cm³/mol. The molecule has 0 radical (unpaired) electrons. The van der Waals surface area contributed by atoms with E-state index in [9.17, 15) is 4.79 Å². The first-order chi connectivity index (χ1) is 10.6. The lowest BCUT2D eigenvalue weighted by Gasteiger charge is -2.32. The van der Waals surface area contributed by atoms with Gasteiger partial charge in [0.2, 0.25) is 5.91 Å². The number of rotatable bonds is 6. The average Bonchev–Trinajstić information content (AvgIpc) is 2.55. The number of hydrogen-bond donors (Lipinski definition) is 1. The van der Waals surface area contributed by atoms with E-state index >= 15 is 0 Å². The van der Waals surface area contributed by atoms with E-state index in [1.165, 1.54) is 0 Å². The van der Waals surface area contributed by atoms with Gasteiger partial charge in [-0.2, -0.15) is 0 Å². The molecule has 0 spiro atoms. The van der Waals surface area contributed by atoms with Crippen LogP contribution in [0.1, 0.15) is 6.42 Å². The molecule has 1 heterocycles. The Balaban J connectivity index is 1.79. The van der Waals surface area contributed by atoms with E-state index < -0.39 is 0 Å². The third-order valence-corrected chi connectivity index (χ3v) is 3.91. The number of carbonyl (C=O) groups is 1. The van der Waals surface area contributed by atoms with Crippen molar-refractivity contribution in [3.63, 3.8) is 0 Å². The number of amides is 1. The summed E-state index contributed by atoms with van der Waals surface area (Å²) >= 11 is 0. The number of nitrogens with zero attached hydrogens (tertiary/aromatic N) is 2. The fourth-order valence-electron chi connectivity index (χ4n) is 2.47. The Kier molecular flexibility index (Phi) is 5.89. The van der Waals surface area contributed by atoms with Crippen molar-refractivity contribution in [2.45, 2.75) is 6.42 Å². The summed E-state index contributed by atoms with van der Waals surface area (Å²) in [4.78, 5) is 16.3. The van der Waals surface area contributed by atoms with Crippen molar-refractivity contribution in [1.82, 2.24) is 9.80 Å². The molecule has 22 heavy (non-hydrogen) atoms. The summed E-state index contributed by atoms with van der Waals surface area (Å²) in [6.07, 6.45) is 0.498. The van der Waals surface area contributed by atoms with E-state index in [1.54, 1.807) is 14.2 Å². The molecule has 1 aliphatic rings. The zero-order valence-corrected chi connectivity index (χ0v) is 13.6. The molecule has 122 valence electrons. The molecule has 1 aliphatic heterocycles. The lowest BCUT2D eigenvalue weighted by atomic mass is 10.2. The van der Waals surface area contributed by atoms with Crippen LogP contribution >= 0.6 is 0 Å². The minimum atomic E-state index is 0.209. The molecule has 0 atom stereocenters. The Morgan fingerprint density at radius 2 is 1.82 bits per heavy atom. The van der Waals surface area contributed by atoms with Crippen molar-refractivity contribution in [3.8, 4) is 11.5 Å². The van der Waals surface area contributed by atoms with Crippen LogP contribution in [-0.2, 0) is 4.79 Å². The number of nitrogens with one attached hydrogen (secondary N) is 1. The summed E-state index contributed by atoms with van der Waals surface area (Å²) in [7, 11) is 5.30. The van der Waals surface area contributed by atoms with E-state index in [0.717, 1.165) is 31.9 Å². The van der Waals surface area contributed by atoms with E-state index in [2.05, 4.69) is 17.3 Å². The van der Waals surface area contributed by atoms with Crippen molar-refractivity contribution in [3.05, 3.63) is 18.2 Å². The Morgan fingerprint density at radius 1 is 1.14 bits per heavy atom. The standard InChI is InChI=1S/C16H25N3O3/c1-18-8-10-19(11-9-18)16(20)6-7-17-13-4-5-14(21-2)15(12-13)22-3/h4-5,12,17H,6-11H2,1-3H3. The van der Waals surface area contributed by atoms with Crippen LogP contribution < -0.4 is 14.8 Å². The van der Waals surface area contributed by atoms with Crippen molar-refractivity contribution in [2.75, 3.05) is 59.3 Å². The Hall–Kier alpha value is -1.95. The molecule has 0 unspecified atom stereocenters. The largest absolute Gasteiger partial charge is 0.493 e. The highest BCUT2D eigenvalue weighted by Gasteiger charge is 2.18. The van der Waals surface area contributed by atoms with E-state index in [1.807, 2.05) is 23.1 Å². The van der Waals surface area contributed by atoms with Crippen molar-refractivity contribution in [2.24, 2.45) is 0 Å². The minimum absolute atomic E-state index is 0.209. The van der Waals surface area contributed by atoms with Gasteiger partial charge in [0.05, 0.1) is 14.2 Å². The van der Waals surface area contributed by atoms with Crippen LogP contribution in [0.25, 0.3) is 0 Å². The molecule has 1 aromatic carbocycles. The van der Waals surface area contributed by atoms with Gasteiger partial charge in [0, 0.05) is 50.9 Å². The van der Waals surface area contributed by atoms with Gasteiger partial charge in [-0.3, -0.25) is 4.79 Å². The average molecular weight is 307 g/mol. The van der Waals surface area contributed by atoms with Gasteiger partial charge < -0.3 is 24.6 Å². The highest BCUT2D eigenvalue weighted by Crippen LogP contribution is 2.29. The second-order valence-electron chi connectivity index (χ2n) is 5.43. The smallest absolute Gasteiger partial charge is 0.224 e. The van der Waals surface area contributed by atoms with Crippen LogP contribution in [-0.4, -0.2) is 69.7 Å². The molecule has 1 fully saturated rings. The van der Waals surface area contributed by atoms with Gasteiger partial charge in [0.1, 0.15) is 0 Å². The van der Waals surface area contributed by atoms with E-state index in [-0.39, 0.29) is 5.91 Å². The normalized spacial score (nSPS) is 15.5. The first-order valence-corrected chi connectivity index (χ1v) is 7.56. The zero-order valence-electron chi connectivity index (χ0n) is 13.6. The predicted octanol–water partition coefficient (Wildman–Crippen LogP) is 1.28. The molecule has 2 rings (SSSR count). The highest BCUT2D eigenvalue weighted by atomic mass is 16.5. The second-order valence-corrected chi connectivity index (χ2v) is 5.43. The van der Waals surface area contributed by atoms with E-state index in [4.69, 9.17) is 9.47 Å². The van der Waals surface area contributed by atoms with Crippen LogP contribution in [0.5, 0.6) is 11.5 Å². The van der Waals surface area contributed by atoms with Crippen LogP contribution in [0.4, 0.5) is 5.69 Å². The minimum Gasteiger partial charge on any atom is -0.493 e. The molecule has 0 aliphatic carbocycles. The van der Waals surface area contributed by atoms with Crippen LogP contribution in [0.2, 0.25) is 0 Å². The molecule has 1 saturated heterocycles. The van der Waals surface area contributed by atoms with Gasteiger partial charge in [0.15, 0.2) is 11.5 Å². The quantitative estimate of drug-likeness (QED) is 0.858. The number of carbonyl (C=O) groups excluding carboxylic acids is 1. The molecule has 6 heteroatoms. The summed E-state index contributed by atoms with van der Waals surface area (Å²) in [6.45, 7) is 4.17. The molecule has 1 N–H and O–H groups in total. The summed E-state index contributed by atoms with van der Waals surface area (Å²) in [5.41, 5.74) is 0.920. The van der Waals surface area contributed by atoms with Crippen molar-refractivity contribution in [1.29, 1.82) is 0 Å². The fraction of sp³-hybridized carbons (Fsp3) is 0.562. The summed E-state index contributed by atoms with van der Waals surface area (Å²) in [6, 6.07) is 5.64. The lowest BCUT2D eigenvalue weighted by molar-refractivity contribution is -0.132. The Labute approximate surface area is 132 Å². The van der Waals surface area contributed by atoms with Gasteiger partial charge in [-0.05, 0) is 19.2 Å². The van der Waals surface area contributed by atoms with Crippen molar-refractivity contribution < 1.29 is 14.3 Å². The first-order valence-electron chi connectivity index (χ1n) is 7.56. The molecule has 1 amide bonds. The maximum Gasteiger partial charge on any atom is 0.224 e. The summed E-state index contributed by atoms with van der Waals surface area (Å²) in [5.74, 6) is 1.58. The molecule has 6 nitrogen and oxygen atoms in total. The first kappa shape index (κ1) is 16.4. The summed E-state index contributed by atoms with van der Waals surface area (Å²) in [5, 5.41) is 3.26. The molecular weight excluding hydrogens is 282 g/mol.